The van der Waals surface area contributed by atoms with Gasteiger partial charge in [0, 0.05) is 45.3 Å². The zero-order valence-corrected chi connectivity index (χ0v) is 14.1. The summed E-state index contributed by atoms with van der Waals surface area (Å²) in [5.74, 6) is 0.751. The molecule has 0 spiro atoms. The number of nitrogens with two attached hydrogens (primary N) is 1. The Morgan fingerprint density at radius 3 is 2.33 bits per heavy atom. The summed E-state index contributed by atoms with van der Waals surface area (Å²) in [6.45, 7) is 15.5. The molecule has 3 heteroatoms. The van der Waals surface area contributed by atoms with Crippen molar-refractivity contribution >= 4 is 0 Å². The average Bonchev–Trinajstić information content (AvgIpc) is 2.44. The van der Waals surface area contributed by atoms with Crippen LogP contribution in [-0.2, 0) is 0 Å². The highest BCUT2D eigenvalue weighted by atomic mass is 15.3. The van der Waals surface area contributed by atoms with Gasteiger partial charge in [-0.15, -0.1) is 0 Å². The molecular formula is C18H31N3. The van der Waals surface area contributed by atoms with Crippen LogP contribution in [0.15, 0.2) is 18.2 Å². The van der Waals surface area contributed by atoms with Gasteiger partial charge >= 0.3 is 0 Å². The second-order valence-electron chi connectivity index (χ2n) is 6.84. The third-order valence-corrected chi connectivity index (χ3v) is 4.49. The molecule has 0 bridgehead atoms. The fourth-order valence-corrected chi connectivity index (χ4v) is 3.37. The van der Waals surface area contributed by atoms with Gasteiger partial charge < -0.3 is 10.6 Å². The van der Waals surface area contributed by atoms with Gasteiger partial charge in [-0.05, 0) is 30.9 Å². The van der Waals surface area contributed by atoms with E-state index < -0.39 is 0 Å². The van der Waals surface area contributed by atoms with E-state index in [1.165, 1.54) is 36.3 Å². The molecular weight excluding hydrogens is 258 g/mol. The predicted octanol–water partition coefficient (Wildman–Crippen LogP) is 2.58. The van der Waals surface area contributed by atoms with Gasteiger partial charge in [0.2, 0.25) is 0 Å². The largest absolute Gasteiger partial charge is 0.329 e. The quantitative estimate of drug-likeness (QED) is 0.904. The molecule has 1 unspecified atom stereocenters. The van der Waals surface area contributed by atoms with Crippen LogP contribution in [0, 0.1) is 19.8 Å². The van der Waals surface area contributed by atoms with Gasteiger partial charge in [0.25, 0.3) is 0 Å². The Labute approximate surface area is 130 Å². The average molecular weight is 289 g/mol. The van der Waals surface area contributed by atoms with Crippen molar-refractivity contribution in [1.29, 1.82) is 0 Å². The van der Waals surface area contributed by atoms with E-state index in [4.69, 9.17) is 5.73 Å². The van der Waals surface area contributed by atoms with E-state index in [9.17, 15) is 0 Å². The van der Waals surface area contributed by atoms with Gasteiger partial charge in [-0.2, -0.15) is 0 Å². The molecule has 2 N–H and O–H groups in total. The summed E-state index contributed by atoms with van der Waals surface area (Å²) in [5, 5.41) is 0. The van der Waals surface area contributed by atoms with E-state index in [1.807, 2.05) is 0 Å². The zero-order valence-electron chi connectivity index (χ0n) is 14.1. The Kier molecular flexibility index (Phi) is 5.80. The standard InChI is InChI=1S/C18H31N3/c1-14(2)13-20-7-9-21(10-8-20)18(12-19)17-11-15(3)5-6-16(17)4/h5-6,11,14,18H,7-10,12-13,19H2,1-4H3. The summed E-state index contributed by atoms with van der Waals surface area (Å²) >= 11 is 0. The first-order valence-corrected chi connectivity index (χ1v) is 8.25. The van der Waals surface area contributed by atoms with Crippen LogP contribution in [0.4, 0.5) is 0 Å². The molecule has 0 radical (unpaired) electrons. The molecule has 1 aliphatic heterocycles. The van der Waals surface area contributed by atoms with Crippen molar-refractivity contribution in [3.8, 4) is 0 Å². The second kappa shape index (κ2) is 7.39. The Balaban J connectivity index is 2.04. The van der Waals surface area contributed by atoms with Crippen LogP contribution in [0.3, 0.4) is 0 Å². The van der Waals surface area contributed by atoms with Crippen LogP contribution < -0.4 is 5.73 Å². The zero-order chi connectivity index (χ0) is 15.4. The molecule has 1 saturated heterocycles. The Bertz CT molecular complexity index is 448. The summed E-state index contributed by atoms with van der Waals surface area (Å²) in [6, 6.07) is 7.09. The molecule has 1 heterocycles. The van der Waals surface area contributed by atoms with E-state index in [1.54, 1.807) is 0 Å². The summed E-state index contributed by atoms with van der Waals surface area (Å²) < 4.78 is 0. The van der Waals surface area contributed by atoms with Crippen LogP contribution in [0.5, 0.6) is 0 Å². The van der Waals surface area contributed by atoms with Crippen molar-refractivity contribution in [2.75, 3.05) is 39.3 Å². The fraction of sp³-hybridized carbons (Fsp3) is 0.667. The molecule has 3 nitrogen and oxygen atoms in total. The minimum Gasteiger partial charge on any atom is -0.329 e. The summed E-state index contributed by atoms with van der Waals surface area (Å²) in [4.78, 5) is 5.15. The van der Waals surface area contributed by atoms with Gasteiger partial charge in [-0.3, -0.25) is 4.90 Å². The molecule has 1 aromatic rings. The molecule has 0 aromatic heterocycles. The van der Waals surface area contributed by atoms with E-state index in [-0.39, 0.29) is 0 Å². The Hall–Kier alpha value is -0.900. The maximum atomic E-state index is 6.11. The predicted molar refractivity (Wildman–Crippen MR) is 90.6 cm³/mol. The molecule has 118 valence electrons. The molecule has 21 heavy (non-hydrogen) atoms. The summed E-state index contributed by atoms with van der Waals surface area (Å²) in [6.07, 6.45) is 0. The van der Waals surface area contributed by atoms with Crippen LogP contribution in [0.25, 0.3) is 0 Å². The number of hydrogen-bond acceptors (Lipinski definition) is 3. The number of aryl methyl sites for hydroxylation is 2. The van der Waals surface area contributed by atoms with Gasteiger partial charge in [0.1, 0.15) is 0 Å². The lowest BCUT2D eigenvalue weighted by Gasteiger charge is -2.40. The smallest absolute Gasteiger partial charge is 0.0474 e. The van der Waals surface area contributed by atoms with E-state index >= 15 is 0 Å². The Morgan fingerprint density at radius 1 is 1.10 bits per heavy atom. The molecule has 2 rings (SSSR count). The third-order valence-electron chi connectivity index (χ3n) is 4.49. The highest BCUT2D eigenvalue weighted by Gasteiger charge is 2.25. The van der Waals surface area contributed by atoms with Crippen LogP contribution >= 0.6 is 0 Å². The molecule has 1 aliphatic rings. The minimum atomic E-state index is 0.367. The normalized spacial score (nSPS) is 19.1. The SMILES string of the molecule is Cc1ccc(C)c(C(CN)N2CCN(CC(C)C)CC2)c1. The van der Waals surface area contributed by atoms with Gasteiger partial charge in [-0.1, -0.05) is 37.6 Å². The molecule has 0 aliphatic carbocycles. The maximum Gasteiger partial charge on any atom is 0.0474 e. The molecule has 1 atom stereocenters. The van der Waals surface area contributed by atoms with Crippen molar-refractivity contribution in [2.45, 2.75) is 33.7 Å². The summed E-state index contributed by atoms with van der Waals surface area (Å²) in [7, 11) is 0. The van der Waals surface area contributed by atoms with Crippen molar-refractivity contribution in [3.63, 3.8) is 0 Å². The third kappa shape index (κ3) is 4.29. The van der Waals surface area contributed by atoms with Crippen molar-refractivity contribution in [3.05, 3.63) is 34.9 Å². The monoisotopic (exact) mass is 289 g/mol. The lowest BCUT2D eigenvalue weighted by atomic mass is 9.97. The lowest BCUT2D eigenvalue weighted by molar-refractivity contribution is 0.0910. The number of nitrogens with zero attached hydrogens (tertiary/aromatic N) is 2. The molecule has 1 aromatic carbocycles. The Morgan fingerprint density at radius 2 is 1.76 bits per heavy atom. The fourth-order valence-electron chi connectivity index (χ4n) is 3.37. The molecule has 1 fully saturated rings. The first-order chi connectivity index (χ1) is 10.0. The number of piperazine rings is 1. The van der Waals surface area contributed by atoms with Crippen LogP contribution in [0.1, 0.15) is 36.6 Å². The number of hydrogen-bond donors (Lipinski definition) is 1. The van der Waals surface area contributed by atoms with Crippen molar-refractivity contribution in [1.82, 2.24) is 9.80 Å². The first kappa shape index (κ1) is 16.5. The summed E-state index contributed by atoms with van der Waals surface area (Å²) in [5.41, 5.74) is 10.2. The molecule has 0 saturated carbocycles. The van der Waals surface area contributed by atoms with E-state index in [2.05, 4.69) is 55.7 Å². The lowest BCUT2D eigenvalue weighted by Crippen LogP contribution is -2.49. The van der Waals surface area contributed by atoms with Crippen molar-refractivity contribution in [2.24, 2.45) is 11.7 Å². The number of rotatable bonds is 5. The maximum absolute atomic E-state index is 6.11. The van der Waals surface area contributed by atoms with Crippen LogP contribution in [-0.4, -0.2) is 49.1 Å². The minimum absolute atomic E-state index is 0.367. The first-order valence-electron chi connectivity index (χ1n) is 8.25. The number of benzene rings is 1. The molecule has 0 amide bonds. The van der Waals surface area contributed by atoms with Crippen LogP contribution in [0.2, 0.25) is 0 Å². The van der Waals surface area contributed by atoms with E-state index in [0.717, 1.165) is 19.0 Å². The highest BCUT2D eigenvalue weighted by Crippen LogP contribution is 2.25. The second-order valence-corrected chi connectivity index (χ2v) is 6.84. The van der Waals surface area contributed by atoms with E-state index in [0.29, 0.717) is 12.6 Å². The van der Waals surface area contributed by atoms with Gasteiger partial charge in [0.15, 0.2) is 0 Å². The van der Waals surface area contributed by atoms with Gasteiger partial charge in [0.05, 0.1) is 0 Å². The highest BCUT2D eigenvalue weighted by molar-refractivity contribution is 5.33. The van der Waals surface area contributed by atoms with Crippen molar-refractivity contribution < 1.29 is 0 Å². The van der Waals surface area contributed by atoms with Gasteiger partial charge in [-0.25, -0.2) is 0 Å². The topological polar surface area (TPSA) is 32.5 Å².